The van der Waals surface area contributed by atoms with Crippen LogP contribution in [0.3, 0.4) is 0 Å². The maximum Gasteiger partial charge on any atom is 0.0635 e. The summed E-state index contributed by atoms with van der Waals surface area (Å²) in [6.45, 7) is 4.86. The molecular weight excluding hydrogens is 226 g/mol. The summed E-state index contributed by atoms with van der Waals surface area (Å²) >= 11 is 0. The third kappa shape index (κ3) is 6.56. The van der Waals surface area contributed by atoms with Crippen molar-refractivity contribution >= 4 is 0 Å². The Labute approximate surface area is 110 Å². The largest absolute Gasteiger partial charge is 0.330 e. The van der Waals surface area contributed by atoms with E-state index in [1.54, 1.807) is 0 Å². The van der Waals surface area contributed by atoms with Crippen LogP contribution < -0.4 is 11.5 Å². The van der Waals surface area contributed by atoms with Gasteiger partial charge in [-0.3, -0.25) is 4.90 Å². The molecule has 0 aliphatic carbocycles. The third-order valence-corrected chi connectivity index (χ3v) is 3.23. The molecule has 0 aromatic carbocycles. The molecule has 0 aromatic heterocycles. The molecule has 4 N–H and O–H groups in total. The van der Waals surface area contributed by atoms with E-state index in [-0.39, 0.29) is 0 Å². The SMILES string of the molecule is CC(CCN)C(CCN)N(CCC#N)CCC#N. The number of nitrogens with zero attached hydrogens (tertiary/aromatic N) is 3. The first-order chi connectivity index (χ1) is 8.71. The molecule has 0 aliphatic rings. The van der Waals surface area contributed by atoms with Crippen LogP contribution in [-0.4, -0.2) is 37.1 Å². The molecule has 0 fully saturated rings. The van der Waals surface area contributed by atoms with E-state index >= 15 is 0 Å². The lowest BCUT2D eigenvalue weighted by Crippen LogP contribution is -2.42. The molecule has 0 saturated heterocycles. The Balaban J connectivity index is 4.61. The Morgan fingerprint density at radius 1 is 1.00 bits per heavy atom. The Hall–Kier alpha value is -1.14. The van der Waals surface area contributed by atoms with Gasteiger partial charge in [-0.2, -0.15) is 10.5 Å². The first kappa shape index (κ1) is 16.9. The Morgan fingerprint density at radius 3 is 1.89 bits per heavy atom. The van der Waals surface area contributed by atoms with Gasteiger partial charge in [0.1, 0.15) is 0 Å². The molecule has 0 aliphatic heterocycles. The van der Waals surface area contributed by atoms with Gasteiger partial charge in [-0.1, -0.05) is 6.92 Å². The highest BCUT2D eigenvalue weighted by Gasteiger charge is 2.22. The minimum Gasteiger partial charge on any atom is -0.330 e. The van der Waals surface area contributed by atoms with Crippen molar-refractivity contribution in [3.05, 3.63) is 0 Å². The fourth-order valence-electron chi connectivity index (χ4n) is 2.28. The van der Waals surface area contributed by atoms with Gasteiger partial charge < -0.3 is 11.5 Å². The zero-order chi connectivity index (χ0) is 13.8. The van der Waals surface area contributed by atoms with E-state index in [2.05, 4.69) is 24.0 Å². The van der Waals surface area contributed by atoms with E-state index < -0.39 is 0 Å². The summed E-state index contributed by atoms with van der Waals surface area (Å²) in [5.41, 5.74) is 11.3. The highest BCUT2D eigenvalue weighted by molar-refractivity contribution is 4.83. The van der Waals surface area contributed by atoms with Crippen molar-refractivity contribution in [1.29, 1.82) is 10.5 Å². The summed E-state index contributed by atoms with van der Waals surface area (Å²) in [6, 6.07) is 4.64. The van der Waals surface area contributed by atoms with Crippen LogP contribution >= 0.6 is 0 Å². The summed E-state index contributed by atoms with van der Waals surface area (Å²) in [7, 11) is 0. The molecule has 0 bridgehead atoms. The lowest BCUT2D eigenvalue weighted by atomic mass is 9.93. The molecule has 102 valence electrons. The Morgan fingerprint density at radius 2 is 1.50 bits per heavy atom. The number of nitriles is 2. The van der Waals surface area contributed by atoms with Crippen LogP contribution in [0.25, 0.3) is 0 Å². The van der Waals surface area contributed by atoms with E-state index in [1.807, 2.05) is 0 Å². The molecule has 0 amide bonds. The second-order valence-corrected chi connectivity index (χ2v) is 4.55. The fraction of sp³-hybridized carbons (Fsp3) is 0.846. The van der Waals surface area contributed by atoms with Gasteiger partial charge in [0, 0.05) is 32.0 Å². The number of nitrogens with two attached hydrogens (primary N) is 2. The lowest BCUT2D eigenvalue weighted by molar-refractivity contribution is 0.142. The van der Waals surface area contributed by atoms with Crippen LogP contribution in [0.2, 0.25) is 0 Å². The van der Waals surface area contributed by atoms with Crippen LogP contribution in [0.4, 0.5) is 0 Å². The van der Waals surface area contributed by atoms with Crippen molar-refractivity contribution in [1.82, 2.24) is 4.90 Å². The molecule has 5 heteroatoms. The number of hydrogen-bond acceptors (Lipinski definition) is 5. The van der Waals surface area contributed by atoms with Crippen molar-refractivity contribution in [2.75, 3.05) is 26.2 Å². The highest BCUT2D eigenvalue weighted by Crippen LogP contribution is 2.18. The molecule has 0 aromatic rings. The molecular formula is C13H25N5. The quantitative estimate of drug-likeness (QED) is 0.598. The molecule has 2 unspecified atom stereocenters. The molecule has 0 spiro atoms. The van der Waals surface area contributed by atoms with Crippen molar-refractivity contribution in [3.8, 4) is 12.1 Å². The third-order valence-electron chi connectivity index (χ3n) is 3.23. The van der Waals surface area contributed by atoms with Gasteiger partial charge in [-0.15, -0.1) is 0 Å². The maximum absolute atomic E-state index is 8.71. The van der Waals surface area contributed by atoms with E-state index in [9.17, 15) is 0 Å². The maximum atomic E-state index is 8.71. The number of rotatable bonds is 10. The molecule has 2 atom stereocenters. The van der Waals surface area contributed by atoms with Crippen LogP contribution in [0.1, 0.15) is 32.6 Å². The van der Waals surface area contributed by atoms with Crippen LogP contribution in [-0.2, 0) is 0 Å². The van der Waals surface area contributed by atoms with Crippen LogP contribution in [0.15, 0.2) is 0 Å². The first-order valence-corrected chi connectivity index (χ1v) is 6.59. The lowest BCUT2D eigenvalue weighted by Gasteiger charge is -2.34. The average molecular weight is 251 g/mol. The van der Waals surface area contributed by atoms with Crippen molar-refractivity contribution in [2.45, 2.75) is 38.6 Å². The second kappa shape index (κ2) is 11.0. The zero-order valence-corrected chi connectivity index (χ0v) is 11.3. The average Bonchev–Trinajstić information content (AvgIpc) is 2.37. The summed E-state index contributed by atoms with van der Waals surface area (Å²) < 4.78 is 0. The molecule has 5 nitrogen and oxygen atoms in total. The van der Waals surface area contributed by atoms with Gasteiger partial charge in [0.25, 0.3) is 0 Å². The van der Waals surface area contributed by atoms with Crippen molar-refractivity contribution < 1.29 is 0 Å². The van der Waals surface area contributed by atoms with Crippen molar-refractivity contribution in [2.24, 2.45) is 17.4 Å². The summed E-state index contributed by atoms with van der Waals surface area (Å²) in [6.07, 6.45) is 2.81. The molecule has 0 rings (SSSR count). The zero-order valence-electron chi connectivity index (χ0n) is 11.3. The van der Waals surface area contributed by atoms with E-state index in [0.29, 0.717) is 51.0 Å². The predicted molar refractivity (Wildman–Crippen MR) is 72.3 cm³/mol. The topological polar surface area (TPSA) is 103 Å². The molecule has 0 saturated carbocycles. The summed E-state index contributed by atoms with van der Waals surface area (Å²) in [4.78, 5) is 2.22. The minimum absolute atomic E-state index is 0.320. The summed E-state index contributed by atoms with van der Waals surface area (Å²) in [5.74, 6) is 0.441. The normalized spacial score (nSPS) is 13.9. The van der Waals surface area contributed by atoms with Gasteiger partial charge in [0.05, 0.1) is 12.1 Å². The van der Waals surface area contributed by atoms with E-state index in [0.717, 1.165) is 12.8 Å². The predicted octanol–water partition coefficient (Wildman–Crippen LogP) is 0.818. The second-order valence-electron chi connectivity index (χ2n) is 4.55. The highest BCUT2D eigenvalue weighted by atomic mass is 15.2. The molecule has 0 heterocycles. The Kier molecular flexibility index (Phi) is 10.3. The number of hydrogen-bond donors (Lipinski definition) is 2. The smallest absolute Gasteiger partial charge is 0.0635 e. The summed E-state index contributed by atoms with van der Waals surface area (Å²) in [5, 5.41) is 17.4. The monoisotopic (exact) mass is 251 g/mol. The van der Waals surface area contributed by atoms with Gasteiger partial charge in [0.15, 0.2) is 0 Å². The van der Waals surface area contributed by atoms with Crippen LogP contribution in [0, 0.1) is 28.6 Å². The molecule has 0 radical (unpaired) electrons. The van der Waals surface area contributed by atoms with Gasteiger partial charge >= 0.3 is 0 Å². The standard InChI is InChI=1S/C13H25N5/c1-12(4-8-16)13(5-9-17)18(10-2-6-14)11-3-7-15/h12-13H,2-5,8-11,16-17H2,1H3. The Bertz CT molecular complexity index is 260. The van der Waals surface area contributed by atoms with E-state index in [4.69, 9.17) is 22.0 Å². The van der Waals surface area contributed by atoms with Gasteiger partial charge in [-0.25, -0.2) is 0 Å². The van der Waals surface area contributed by atoms with Crippen molar-refractivity contribution in [3.63, 3.8) is 0 Å². The minimum atomic E-state index is 0.320. The fourth-order valence-corrected chi connectivity index (χ4v) is 2.28. The van der Waals surface area contributed by atoms with E-state index in [1.165, 1.54) is 0 Å². The molecule has 18 heavy (non-hydrogen) atoms. The van der Waals surface area contributed by atoms with Crippen LogP contribution in [0.5, 0.6) is 0 Å². The van der Waals surface area contributed by atoms with Gasteiger partial charge in [0.2, 0.25) is 0 Å². The first-order valence-electron chi connectivity index (χ1n) is 6.59. The van der Waals surface area contributed by atoms with Gasteiger partial charge in [-0.05, 0) is 31.8 Å².